The number of anilines is 1. The van der Waals surface area contributed by atoms with E-state index in [1.54, 1.807) is 38.2 Å². The van der Waals surface area contributed by atoms with Crippen molar-refractivity contribution >= 4 is 11.8 Å². The molecule has 0 fully saturated rings. The lowest BCUT2D eigenvalue weighted by molar-refractivity contribution is -0.141. The van der Waals surface area contributed by atoms with Gasteiger partial charge in [-0.05, 0) is 26.0 Å². The van der Waals surface area contributed by atoms with Gasteiger partial charge in [0.05, 0.1) is 5.92 Å². The lowest BCUT2D eigenvalue weighted by Crippen LogP contribution is -2.29. The van der Waals surface area contributed by atoms with Crippen molar-refractivity contribution in [3.8, 4) is 0 Å². The van der Waals surface area contributed by atoms with E-state index in [1.165, 1.54) is 0 Å². The maximum absolute atomic E-state index is 10.7. The first-order valence-electron chi connectivity index (χ1n) is 4.90. The summed E-state index contributed by atoms with van der Waals surface area (Å²) in [6, 6.07) is 4.78. The number of carboxylic acids is 1. The molecular formula is C10H14N2O2. The van der Waals surface area contributed by atoms with Gasteiger partial charge in [0.25, 0.3) is 0 Å². The second kappa shape index (κ2) is 4.60. The Morgan fingerprint density at radius 3 is 2.86 bits per heavy atom. The van der Waals surface area contributed by atoms with E-state index in [0.717, 1.165) is 5.31 Å². The average molecular weight is 195 g/mol. The third-order valence-corrected chi connectivity index (χ3v) is 2.10. The molecule has 1 rings (SSSR count). The van der Waals surface area contributed by atoms with Gasteiger partial charge >= 0.3 is 5.97 Å². The van der Waals surface area contributed by atoms with Crippen LogP contribution in [0.4, 0.5) is 5.82 Å². The number of hydrogen-bond donors (Lipinski definition) is 2. The molecule has 0 aliphatic carbocycles. The smallest absolute Gasteiger partial charge is 0.308 e. The van der Waals surface area contributed by atoms with Crippen LogP contribution >= 0.6 is 0 Å². The number of carbonyl (C=O) groups is 1. The summed E-state index contributed by atoms with van der Waals surface area (Å²) in [5.41, 5.74) is 0. The van der Waals surface area contributed by atoms with Gasteiger partial charge in [-0.1, -0.05) is 6.07 Å². The summed E-state index contributed by atoms with van der Waals surface area (Å²) in [6.07, 6.45) is 1.58. The highest BCUT2D eigenvalue weighted by Gasteiger charge is 2.18. The number of nitrogens with zero attached hydrogens (tertiary/aromatic N) is 1. The summed E-state index contributed by atoms with van der Waals surface area (Å²) in [5.74, 6) is -1.06. The highest BCUT2D eigenvalue weighted by atomic mass is 16.4. The lowest BCUT2D eigenvalue weighted by atomic mass is 10.0. The Morgan fingerprint density at radius 2 is 2.36 bits per heavy atom. The fourth-order valence-electron chi connectivity index (χ4n) is 0.957. The van der Waals surface area contributed by atoms with Crippen molar-refractivity contribution in [1.82, 2.24) is 4.98 Å². The number of pyridine rings is 1. The molecule has 1 heterocycles. The molecule has 0 aromatic carbocycles. The van der Waals surface area contributed by atoms with E-state index < -0.39 is 17.9 Å². The number of aliphatic carboxylic acids is 1. The second-order valence-electron chi connectivity index (χ2n) is 3.18. The third kappa shape index (κ3) is 2.73. The quantitative estimate of drug-likeness (QED) is 0.766. The Balaban J connectivity index is 2.77. The Hall–Kier alpha value is -1.58. The monoisotopic (exact) mass is 195 g/mol. The van der Waals surface area contributed by atoms with Gasteiger partial charge in [0.2, 0.25) is 0 Å². The molecule has 2 atom stereocenters. The standard InChI is InChI=1S/C10H14N2O2/c1-7(10(13)14)8(2)12-9-5-3-4-6-11-9/h3-8H,1-2H3,(H,11,12)(H,13,14)/t7-,8-/m1/s1/i/hD. The van der Waals surface area contributed by atoms with Crippen LogP contribution in [0.2, 0.25) is 1.41 Å². The van der Waals surface area contributed by atoms with E-state index in [1.807, 2.05) is 0 Å². The molecule has 0 spiro atoms. The van der Waals surface area contributed by atoms with Crippen LogP contribution in [0.5, 0.6) is 0 Å². The van der Waals surface area contributed by atoms with Gasteiger partial charge in [-0.2, -0.15) is 0 Å². The molecule has 1 aromatic rings. The third-order valence-electron chi connectivity index (χ3n) is 2.10. The topological polar surface area (TPSA) is 62.2 Å². The van der Waals surface area contributed by atoms with Crippen LogP contribution in [0.25, 0.3) is 0 Å². The Bertz CT molecular complexity index is 331. The minimum absolute atomic E-state index is 0.419. The second-order valence-corrected chi connectivity index (χ2v) is 3.18. The molecule has 0 aliphatic rings. The minimum atomic E-state index is -0.907. The summed E-state index contributed by atoms with van der Waals surface area (Å²) in [6.45, 7) is 3.28. The number of nitrogens with one attached hydrogen (secondary N) is 1. The molecule has 0 amide bonds. The molecule has 14 heavy (non-hydrogen) atoms. The summed E-state index contributed by atoms with van der Waals surface area (Å²) in [5, 5.41) is 9.94. The van der Waals surface area contributed by atoms with Crippen LogP contribution < -0.4 is 5.31 Å². The molecule has 0 saturated carbocycles. The zero-order valence-electron chi connectivity index (χ0n) is 9.21. The van der Waals surface area contributed by atoms with Crippen molar-refractivity contribution < 1.29 is 11.3 Å². The average Bonchev–Trinajstić information content (AvgIpc) is 2.27. The predicted octanol–water partition coefficient (Wildman–Crippen LogP) is 1.60. The van der Waals surface area contributed by atoms with Crippen molar-refractivity contribution in [2.45, 2.75) is 19.9 Å². The lowest BCUT2D eigenvalue weighted by Gasteiger charge is -2.17. The first-order valence-corrected chi connectivity index (χ1v) is 4.46. The summed E-state index contributed by atoms with van der Waals surface area (Å²) in [4.78, 5) is 14.7. The fourth-order valence-corrected chi connectivity index (χ4v) is 0.957. The zero-order valence-corrected chi connectivity index (χ0v) is 8.21. The largest absolute Gasteiger partial charge is 0.481 e. The SMILES string of the molecule is [2H]N(c1ccccn1)[C@H](C)[C@@H](C)C(=O)O. The van der Waals surface area contributed by atoms with Gasteiger partial charge < -0.3 is 10.4 Å². The van der Waals surface area contributed by atoms with Crippen molar-refractivity contribution in [2.24, 2.45) is 5.92 Å². The molecule has 4 nitrogen and oxygen atoms in total. The predicted molar refractivity (Wildman–Crippen MR) is 54.1 cm³/mol. The van der Waals surface area contributed by atoms with Crippen LogP contribution in [0.1, 0.15) is 13.8 Å². The Morgan fingerprint density at radius 1 is 1.64 bits per heavy atom. The number of carboxylic acid groups (broad SMARTS) is 1. The highest BCUT2D eigenvalue weighted by Crippen LogP contribution is 2.09. The van der Waals surface area contributed by atoms with Crippen LogP contribution in [0, 0.1) is 5.92 Å². The van der Waals surface area contributed by atoms with E-state index in [0.29, 0.717) is 5.82 Å². The highest BCUT2D eigenvalue weighted by molar-refractivity contribution is 5.70. The summed E-state index contributed by atoms with van der Waals surface area (Å²) < 4.78 is 7.75. The van der Waals surface area contributed by atoms with E-state index in [4.69, 9.17) is 6.52 Å². The first-order chi connectivity index (χ1) is 7.04. The van der Waals surface area contributed by atoms with Crippen molar-refractivity contribution in [2.75, 3.05) is 5.31 Å². The van der Waals surface area contributed by atoms with Gasteiger partial charge in [0, 0.05) is 12.2 Å². The summed E-state index contributed by atoms with van der Waals surface area (Å²) in [7, 11) is 0. The van der Waals surface area contributed by atoms with Gasteiger partial charge in [-0.15, -0.1) is 0 Å². The van der Waals surface area contributed by atoms with Gasteiger partial charge in [0.15, 0.2) is 1.41 Å². The maximum atomic E-state index is 10.7. The normalized spacial score (nSPS) is 15.4. The first kappa shape index (κ1) is 8.99. The van der Waals surface area contributed by atoms with E-state index in [-0.39, 0.29) is 0 Å². The molecule has 0 radical (unpaired) electrons. The fraction of sp³-hybridized carbons (Fsp3) is 0.400. The van der Waals surface area contributed by atoms with Crippen molar-refractivity contribution in [3.63, 3.8) is 0 Å². The number of hydrogen-bond acceptors (Lipinski definition) is 3. The van der Waals surface area contributed by atoms with Crippen molar-refractivity contribution in [1.29, 1.82) is 0 Å². The Kier molecular flexibility index (Phi) is 2.95. The molecule has 2 N–H and O–H groups in total. The van der Waals surface area contributed by atoms with E-state index in [2.05, 4.69) is 4.98 Å². The van der Waals surface area contributed by atoms with Crippen LogP contribution in [-0.2, 0) is 4.79 Å². The minimum Gasteiger partial charge on any atom is -0.481 e. The molecule has 0 saturated heterocycles. The number of rotatable bonds is 4. The molecule has 0 aliphatic heterocycles. The van der Waals surface area contributed by atoms with Gasteiger partial charge in [-0.3, -0.25) is 4.79 Å². The molecular weight excluding hydrogens is 180 g/mol. The van der Waals surface area contributed by atoms with Crippen molar-refractivity contribution in [3.05, 3.63) is 24.4 Å². The van der Waals surface area contributed by atoms with E-state index in [9.17, 15) is 4.79 Å². The van der Waals surface area contributed by atoms with Gasteiger partial charge in [-0.25, -0.2) is 4.98 Å². The zero-order chi connectivity index (χ0) is 11.4. The summed E-state index contributed by atoms with van der Waals surface area (Å²) >= 11 is 0. The maximum Gasteiger partial charge on any atom is 0.308 e. The van der Waals surface area contributed by atoms with Crippen LogP contribution in [0.15, 0.2) is 24.4 Å². The molecule has 4 heteroatoms. The van der Waals surface area contributed by atoms with Crippen LogP contribution in [-0.4, -0.2) is 22.1 Å². The van der Waals surface area contributed by atoms with Crippen LogP contribution in [0.3, 0.4) is 0 Å². The Labute approximate surface area is 84.4 Å². The molecule has 76 valence electrons. The van der Waals surface area contributed by atoms with Gasteiger partial charge in [0.1, 0.15) is 5.82 Å². The molecule has 0 bridgehead atoms. The molecule has 1 aromatic heterocycles. The molecule has 0 unspecified atom stereocenters. The van der Waals surface area contributed by atoms with E-state index >= 15 is 0 Å². The number of aromatic nitrogens is 1.